The van der Waals surface area contributed by atoms with Crippen LogP contribution in [0, 0.1) is 0 Å². The second-order valence-electron chi connectivity index (χ2n) is 7.08. The first-order valence-electron chi connectivity index (χ1n) is 10.1. The van der Waals surface area contributed by atoms with E-state index in [2.05, 4.69) is 21.7 Å². The molecule has 2 aromatic carbocycles. The number of aliphatic hydroxyl groups excluding tert-OH is 1. The molecule has 0 radical (unpaired) electrons. The number of halogens is 1. The Bertz CT molecular complexity index is 784. The maximum atomic E-state index is 10.6. The second-order valence-corrected chi connectivity index (χ2v) is 7.08. The van der Waals surface area contributed by atoms with Crippen LogP contribution in [0.25, 0.3) is 0 Å². The molecule has 0 aromatic heterocycles. The zero-order valence-electron chi connectivity index (χ0n) is 18.2. The Morgan fingerprint density at radius 3 is 2.50 bits per heavy atom. The van der Waals surface area contributed by atoms with Crippen LogP contribution in [0.4, 0.5) is 0 Å². The SMILES string of the molecule is CCNC(=NCc1cccc(COC)c1)NCC(O)c1cccc(OC(C)C)c1.I. The van der Waals surface area contributed by atoms with Crippen LogP contribution >= 0.6 is 24.0 Å². The third-order valence-corrected chi connectivity index (χ3v) is 4.14. The summed E-state index contributed by atoms with van der Waals surface area (Å²) in [5.41, 5.74) is 3.03. The van der Waals surface area contributed by atoms with Gasteiger partial charge in [0.15, 0.2) is 5.96 Å². The first kappa shape index (κ1) is 26.2. The third kappa shape index (κ3) is 9.32. The number of aliphatic imine (C=N–C) groups is 1. The number of hydrogen-bond acceptors (Lipinski definition) is 4. The van der Waals surface area contributed by atoms with Crippen LogP contribution in [-0.2, 0) is 17.9 Å². The average molecular weight is 527 g/mol. The molecule has 30 heavy (non-hydrogen) atoms. The van der Waals surface area contributed by atoms with Gasteiger partial charge in [0.25, 0.3) is 0 Å². The predicted octanol–water partition coefficient (Wildman–Crippen LogP) is 4.03. The average Bonchev–Trinajstić information content (AvgIpc) is 2.70. The summed E-state index contributed by atoms with van der Waals surface area (Å²) in [5, 5.41) is 17.0. The van der Waals surface area contributed by atoms with E-state index in [1.165, 1.54) is 0 Å². The Balaban J connectivity index is 0.00000450. The van der Waals surface area contributed by atoms with E-state index in [0.717, 1.165) is 29.0 Å². The molecular formula is C23H34IN3O3. The maximum Gasteiger partial charge on any atom is 0.191 e. The molecule has 1 atom stereocenters. The zero-order valence-corrected chi connectivity index (χ0v) is 20.6. The Morgan fingerprint density at radius 1 is 1.07 bits per heavy atom. The van der Waals surface area contributed by atoms with Crippen molar-refractivity contribution in [3.05, 3.63) is 65.2 Å². The summed E-state index contributed by atoms with van der Waals surface area (Å²) >= 11 is 0. The topological polar surface area (TPSA) is 75.1 Å². The summed E-state index contributed by atoms with van der Waals surface area (Å²) in [4.78, 5) is 4.63. The summed E-state index contributed by atoms with van der Waals surface area (Å²) in [6.45, 7) is 8.19. The molecule has 0 amide bonds. The molecule has 0 aliphatic rings. The molecule has 0 spiro atoms. The molecule has 2 rings (SSSR count). The number of rotatable bonds is 10. The second kappa shape index (κ2) is 14.2. The van der Waals surface area contributed by atoms with Crippen LogP contribution < -0.4 is 15.4 Å². The number of benzene rings is 2. The summed E-state index contributed by atoms with van der Waals surface area (Å²) in [6.07, 6.45) is -0.574. The monoisotopic (exact) mass is 527 g/mol. The highest BCUT2D eigenvalue weighted by Crippen LogP contribution is 2.20. The van der Waals surface area contributed by atoms with Crippen LogP contribution in [0.1, 0.15) is 43.6 Å². The minimum Gasteiger partial charge on any atom is -0.491 e. The molecule has 0 saturated heterocycles. The highest BCUT2D eigenvalue weighted by Gasteiger charge is 2.10. The van der Waals surface area contributed by atoms with E-state index < -0.39 is 6.10 Å². The van der Waals surface area contributed by atoms with Gasteiger partial charge >= 0.3 is 0 Å². The van der Waals surface area contributed by atoms with E-state index in [1.54, 1.807) is 7.11 Å². The van der Waals surface area contributed by atoms with Gasteiger partial charge in [0.1, 0.15) is 5.75 Å². The first-order valence-corrected chi connectivity index (χ1v) is 10.1. The van der Waals surface area contributed by atoms with Crippen LogP contribution in [0.5, 0.6) is 5.75 Å². The smallest absolute Gasteiger partial charge is 0.191 e. The van der Waals surface area contributed by atoms with Crippen molar-refractivity contribution in [1.29, 1.82) is 0 Å². The lowest BCUT2D eigenvalue weighted by Crippen LogP contribution is -2.39. The van der Waals surface area contributed by atoms with E-state index in [1.807, 2.05) is 63.2 Å². The number of hydrogen-bond donors (Lipinski definition) is 3. The minimum absolute atomic E-state index is 0. The number of guanidine groups is 1. The number of nitrogens with one attached hydrogen (secondary N) is 2. The molecule has 0 aliphatic heterocycles. The standard InChI is InChI=1S/C23H33N3O3.HI/c1-5-24-23(25-14-18-8-6-9-19(12-18)16-28-4)26-15-22(27)20-10-7-11-21(13-20)29-17(2)3;/h6-13,17,22,27H,5,14-16H2,1-4H3,(H2,24,25,26);1H. The van der Waals surface area contributed by atoms with Gasteiger partial charge in [0.05, 0.1) is 25.4 Å². The van der Waals surface area contributed by atoms with Crippen molar-refractivity contribution in [2.75, 3.05) is 20.2 Å². The molecule has 1 unspecified atom stereocenters. The molecule has 6 nitrogen and oxygen atoms in total. The van der Waals surface area contributed by atoms with Crippen molar-refractivity contribution in [3.63, 3.8) is 0 Å². The Morgan fingerprint density at radius 2 is 1.80 bits per heavy atom. The van der Waals surface area contributed by atoms with Gasteiger partial charge in [-0.15, -0.1) is 24.0 Å². The molecule has 0 aliphatic carbocycles. The van der Waals surface area contributed by atoms with Crippen molar-refractivity contribution in [2.24, 2.45) is 4.99 Å². The maximum absolute atomic E-state index is 10.6. The predicted molar refractivity (Wildman–Crippen MR) is 133 cm³/mol. The lowest BCUT2D eigenvalue weighted by atomic mass is 10.1. The first-order chi connectivity index (χ1) is 14.0. The fourth-order valence-corrected chi connectivity index (χ4v) is 2.88. The lowest BCUT2D eigenvalue weighted by Gasteiger charge is -2.17. The largest absolute Gasteiger partial charge is 0.491 e. The van der Waals surface area contributed by atoms with E-state index in [9.17, 15) is 5.11 Å². The molecule has 0 bridgehead atoms. The van der Waals surface area contributed by atoms with Gasteiger partial charge in [0.2, 0.25) is 0 Å². The molecule has 3 N–H and O–H groups in total. The van der Waals surface area contributed by atoms with Crippen molar-refractivity contribution in [3.8, 4) is 5.75 Å². The van der Waals surface area contributed by atoms with Gasteiger partial charge in [0, 0.05) is 20.2 Å². The Labute approximate surface area is 197 Å². The quantitative estimate of drug-likeness (QED) is 0.247. The van der Waals surface area contributed by atoms with Crippen LogP contribution in [0.2, 0.25) is 0 Å². The van der Waals surface area contributed by atoms with Gasteiger partial charge in [-0.05, 0) is 49.6 Å². The van der Waals surface area contributed by atoms with Crippen LogP contribution in [-0.4, -0.2) is 37.4 Å². The fraction of sp³-hybridized carbons (Fsp3) is 0.435. The Hall–Kier alpha value is -1.84. The van der Waals surface area contributed by atoms with Gasteiger partial charge in [-0.2, -0.15) is 0 Å². The van der Waals surface area contributed by atoms with E-state index in [0.29, 0.717) is 25.7 Å². The molecule has 2 aromatic rings. The number of nitrogens with zero attached hydrogens (tertiary/aromatic N) is 1. The summed E-state index contributed by atoms with van der Waals surface area (Å²) in [6, 6.07) is 15.7. The van der Waals surface area contributed by atoms with Gasteiger partial charge < -0.3 is 25.2 Å². The summed E-state index contributed by atoms with van der Waals surface area (Å²) in [7, 11) is 1.69. The minimum atomic E-state index is -0.667. The molecule has 0 fully saturated rings. The van der Waals surface area contributed by atoms with E-state index in [-0.39, 0.29) is 30.1 Å². The summed E-state index contributed by atoms with van der Waals surface area (Å²) < 4.78 is 10.9. The number of ether oxygens (including phenoxy) is 2. The normalized spacial score (nSPS) is 12.3. The molecule has 0 saturated carbocycles. The van der Waals surface area contributed by atoms with Crippen LogP contribution in [0.3, 0.4) is 0 Å². The highest BCUT2D eigenvalue weighted by atomic mass is 127. The van der Waals surface area contributed by atoms with Crippen molar-refractivity contribution in [1.82, 2.24) is 10.6 Å². The van der Waals surface area contributed by atoms with Gasteiger partial charge in [-0.25, -0.2) is 4.99 Å². The molecular weight excluding hydrogens is 493 g/mol. The molecule has 166 valence electrons. The number of methoxy groups -OCH3 is 1. The van der Waals surface area contributed by atoms with Crippen molar-refractivity contribution < 1.29 is 14.6 Å². The molecule has 7 heteroatoms. The lowest BCUT2D eigenvalue weighted by molar-refractivity contribution is 0.179. The summed E-state index contributed by atoms with van der Waals surface area (Å²) in [5.74, 6) is 1.42. The van der Waals surface area contributed by atoms with Gasteiger partial charge in [-0.1, -0.05) is 36.4 Å². The highest BCUT2D eigenvalue weighted by molar-refractivity contribution is 14.0. The van der Waals surface area contributed by atoms with E-state index in [4.69, 9.17) is 9.47 Å². The van der Waals surface area contributed by atoms with Crippen LogP contribution in [0.15, 0.2) is 53.5 Å². The third-order valence-electron chi connectivity index (χ3n) is 4.14. The van der Waals surface area contributed by atoms with E-state index >= 15 is 0 Å². The van der Waals surface area contributed by atoms with Crippen molar-refractivity contribution in [2.45, 2.75) is 46.1 Å². The zero-order chi connectivity index (χ0) is 21.1. The Kier molecular flexibility index (Phi) is 12.4. The van der Waals surface area contributed by atoms with Gasteiger partial charge in [-0.3, -0.25) is 0 Å². The molecule has 0 heterocycles. The fourth-order valence-electron chi connectivity index (χ4n) is 2.88. The number of aliphatic hydroxyl groups is 1. The van der Waals surface area contributed by atoms with Crippen molar-refractivity contribution >= 4 is 29.9 Å².